The van der Waals surface area contributed by atoms with E-state index in [9.17, 15) is 25.3 Å². The van der Waals surface area contributed by atoms with E-state index in [2.05, 4.69) is 12.1 Å². The first-order valence-electron chi connectivity index (χ1n) is 11.4. The van der Waals surface area contributed by atoms with Gasteiger partial charge in [0.1, 0.15) is 6.61 Å². The van der Waals surface area contributed by atoms with Gasteiger partial charge in [0, 0.05) is 23.3 Å². The summed E-state index contributed by atoms with van der Waals surface area (Å²) in [5.74, 6) is -0.203. The van der Waals surface area contributed by atoms with E-state index in [0.29, 0.717) is 38.7 Å². The van der Waals surface area contributed by atoms with Crippen LogP contribution in [-0.2, 0) is 9.53 Å². The zero-order chi connectivity index (χ0) is 21.4. The Labute approximate surface area is 176 Å². The highest BCUT2D eigenvalue weighted by molar-refractivity contribution is 5.85. The van der Waals surface area contributed by atoms with Crippen molar-refractivity contribution < 1.29 is 30.1 Å². The van der Waals surface area contributed by atoms with Crippen LogP contribution in [0.25, 0.3) is 0 Å². The second-order valence-electron chi connectivity index (χ2n) is 10.8. The number of oxime groups is 1. The Kier molecular flexibility index (Phi) is 4.45. The van der Waals surface area contributed by atoms with Crippen LogP contribution in [0.4, 0.5) is 0 Å². The molecule has 7 heteroatoms. The number of carbonyl (C=O) groups is 1. The minimum absolute atomic E-state index is 0.00749. The van der Waals surface area contributed by atoms with E-state index in [1.807, 2.05) is 0 Å². The molecule has 7 nitrogen and oxygen atoms in total. The Morgan fingerprint density at radius 3 is 2.57 bits per heavy atom. The summed E-state index contributed by atoms with van der Waals surface area (Å²) in [4.78, 5) is 11.7. The Bertz CT molecular complexity index is 812. The summed E-state index contributed by atoms with van der Waals surface area (Å²) in [6.07, 6.45) is 8.20. The lowest BCUT2D eigenvalue weighted by Gasteiger charge is -2.65. The maximum atomic E-state index is 12.2. The van der Waals surface area contributed by atoms with Crippen molar-refractivity contribution in [2.75, 3.05) is 6.61 Å². The number of carbonyl (C=O) groups excluding carboxylic acids is 1. The summed E-state index contributed by atoms with van der Waals surface area (Å²) < 4.78 is 5.17. The average Bonchev–Trinajstić information content (AvgIpc) is 3.23. The van der Waals surface area contributed by atoms with Crippen molar-refractivity contribution in [2.24, 2.45) is 33.7 Å². The Morgan fingerprint density at radius 1 is 1.10 bits per heavy atom. The van der Waals surface area contributed by atoms with Gasteiger partial charge >= 0.3 is 5.97 Å². The van der Waals surface area contributed by atoms with E-state index in [4.69, 9.17) is 4.74 Å². The molecule has 0 radical (unpaired) electrons. The largest absolute Gasteiger partial charge is 0.458 e. The third kappa shape index (κ3) is 2.43. The number of hydrogen-bond donors (Lipinski definition) is 4. The molecule has 0 spiro atoms. The van der Waals surface area contributed by atoms with Gasteiger partial charge in [-0.05, 0) is 74.7 Å². The van der Waals surface area contributed by atoms with Gasteiger partial charge in [-0.15, -0.1) is 5.16 Å². The number of cyclic esters (lactones) is 1. The van der Waals surface area contributed by atoms with Crippen molar-refractivity contribution in [3.05, 3.63) is 11.6 Å². The third-order valence-corrected chi connectivity index (χ3v) is 9.93. The van der Waals surface area contributed by atoms with Gasteiger partial charge in [0.15, 0.2) is 0 Å². The summed E-state index contributed by atoms with van der Waals surface area (Å²) >= 11 is 0. The minimum Gasteiger partial charge on any atom is -0.458 e. The van der Waals surface area contributed by atoms with Gasteiger partial charge in [-0.25, -0.2) is 4.79 Å². The molecular weight excluding hydrogens is 386 g/mol. The van der Waals surface area contributed by atoms with Crippen molar-refractivity contribution in [1.82, 2.24) is 0 Å². The summed E-state index contributed by atoms with van der Waals surface area (Å²) in [6, 6.07) is 0. The highest BCUT2D eigenvalue weighted by atomic mass is 16.5. The van der Waals surface area contributed by atoms with Crippen molar-refractivity contribution in [2.45, 2.75) is 82.0 Å². The average molecular weight is 420 g/mol. The molecule has 0 saturated heterocycles. The number of hydrogen-bond acceptors (Lipinski definition) is 7. The lowest BCUT2D eigenvalue weighted by molar-refractivity contribution is -0.237. The fourth-order valence-electron chi connectivity index (χ4n) is 8.46. The Morgan fingerprint density at radius 2 is 1.87 bits per heavy atom. The predicted octanol–water partition coefficient (Wildman–Crippen LogP) is 2.16. The number of rotatable bonds is 2. The summed E-state index contributed by atoms with van der Waals surface area (Å²) in [6.45, 7) is 2.48. The summed E-state index contributed by atoms with van der Waals surface area (Å²) in [7, 11) is 0. The van der Waals surface area contributed by atoms with Gasteiger partial charge in [0.2, 0.25) is 0 Å². The van der Waals surface area contributed by atoms with Crippen LogP contribution in [0, 0.1) is 28.6 Å². The quantitative estimate of drug-likeness (QED) is 0.236. The molecule has 0 bridgehead atoms. The molecule has 4 saturated carbocycles. The van der Waals surface area contributed by atoms with Crippen molar-refractivity contribution in [1.29, 1.82) is 0 Å². The van der Waals surface area contributed by atoms with Crippen LogP contribution < -0.4 is 0 Å². The molecule has 5 rings (SSSR count). The maximum absolute atomic E-state index is 12.2. The Balaban J connectivity index is 1.53. The fourth-order valence-corrected chi connectivity index (χ4v) is 8.46. The van der Waals surface area contributed by atoms with Gasteiger partial charge in [-0.1, -0.05) is 6.92 Å². The Hall–Kier alpha value is -1.44. The van der Waals surface area contributed by atoms with Crippen LogP contribution in [0.2, 0.25) is 0 Å². The number of aliphatic hydroxyl groups excluding tert-OH is 1. The van der Waals surface area contributed by atoms with Gasteiger partial charge < -0.3 is 25.3 Å². The normalized spacial score (nSPS) is 53.1. The van der Waals surface area contributed by atoms with Crippen LogP contribution in [0.5, 0.6) is 0 Å². The van der Waals surface area contributed by atoms with Crippen LogP contribution in [0.1, 0.15) is 64.7 Å². The molecule has 0 amide bonds. The van der Waals surface area contributed by atoms with Gasteiger partial charge in [0.25, 0.3) is 0 Å². The van der Waals surface area contributed by atoms with Crippen LogP contribution in [-0.4, -0.2) is 56.6 Å². The van der Waals surface area contributed by atoms with Crippen LogP contribution in [0.3, 0.4) is 0 Å². The topological polar surface area (TPSA) is 120 Å². The molecule has 0 aromatic rings. The standard InChI is InChI=1S/C23H33NO6/c1-20-6-3-17-18(23(20,28)9-5-16(20)14-10-19(26)30-12-14)4-8-22(27)11-15(25)2-7-21(17,22)13-24-29/h10,13,15-18,25,27-29H,2-9,11-12H2,1H3/t15-,16+,17?,18?,20+,21-,22-,23-/m0/s1. The molecule has 4 fully saturated rings. The van der Waals surface area contributed by atoms with Gasteiger partial charge in [-0.3, -0.25) is 0 Å². The van der Waals surface area contributed by atoms with Crippen molar-refractivity contribution >= 4 is 12.2 Å². The lowest BCUT2D eigenvalue weighted by Crippen LogP contribution is -2.68. The first-order chi connectivity index (χ1) is 14.2. The molecule has 5 aliphatic rings. The number of ether oxygens (including phenoxy) is 1. The second kappa shape index (κ2) is 6.53. The van der Waals surface area contributed by atoms with E-state index in [0.717, 1.165) is 24.8 Å². The molecule has 8 atom stereocenters. The summed E-state index contributed by atoms with van der Waals surface area (Å²) in [5, 5.41) is 47.0. The number of fused-ring (bicyclic) bond motifs is 5. The maximum Gasteiger partial charge on any atom is 0.331 e. The molecule has 166 valence electrons. The first-order valence-corrected chi connectivity index (χ1v) is 11.4. The minimum atomic E-state index is -1.12. The SMILES string of the molecule is C[C@]12CCC3C(CC[C@]4(O)C[C@@H](O)CC[C@]34C=NO)[C@@]1(O)CC[C@@H]2C1=CC(=O)OC1. The van der Waals surface area contributed by atoms with E-state index < -0.39 is 22.7 Å². The van der Waals surface area contributed by atoms with Crippen LogP contribution in [0.15, 0.2) is 16.8 Å². The molecule has 1 aliphatic heterocycles. The number of nitrogens with zero attached hydrogens (tertiary/aromatic N) is 1. The van der Waals surface area contributed by atoms with Crippen molar-refractivity contribution in [3.63, 3.8) is 0 Å². The monoisotopic (exact) mass is 419 g/mol. The molecular formula is C23H33NO6. The van der Waals surface area contributed by atoms with E-state index in [1.165, 1.54) is 6.21 Å². The predicted molar refractivity (Wildman–Crippen MR) is 108 cm³/mol. The fraction of sp³-hybridized carbons (Fsp3) is 0.826. The molecule has 4 aliphatic carbocycles. The highest BCUT2D eigenvalue weighted by Gasteiger charge is 2.71. The summed E-state index contributed by atoms with van der Waals surface area (Å²) in [5.41, 5.74) is -2.11. The number of aliphatic hydroxyl groups is 3. The zero-order valence-corrected chi connectivity index (χ0v) is 17.6. The molecule has 0 aromatic carbocycles. The van der Waals surface area contributed by atoms with E-state index in [-0.39, 0.29) is 35.6 Å². The zero-order valence-electron chi connectivity index (χ0n) is 17.6. The second-order valence-corrected chi connectivity index (χ2v) is 10.8. The molecule has 4 N–H and O–H groups in total. The highest BCUT2D eigenvalue weighted by Crippen LogP contribution is 2.70. The molecule has 30 heavy (non-hydrogen) atoms. The van der Waals surface area contributed by atoms with E-state index >= 15 is 0 Å². The third-order valence-electron chi connectivity index (χ3n) is 9.93. The lowest BCUT2D eigenvalue weighted by atomic mass is 9.41. The van der Waals surface area contributed by atoms with Crippen LogP contribution >= 0.6 is 0 Å². The van der Waals surface area contributed by atoms with Crippen molar-refractivity contribution in [3.8, 4) is 0 Å². The molecule has 2 unspecified atom stereocenters. The number of esters is 1. The van der Waals surface area contributed by atoms with Gasteiger partial charge in [0.05, 0.1) is 23.5 Å². The van der Waals surface area contributed by atoms with Gasteiger partial charge in [-0.2, -0.15) is 0 Å². The smallest absolute Gasteiger partial charge is 0.331 e. The van der Waals surface area contributed by atoms with E-state index in [1.54, 1.807) is 6.08 Å². The molecule has 1 heterocycles. The molecule has 0 aromatic heterocycles. The first kappa shape index (κ1) is 20.5.